The van der Waals surface area contributed by atoms with Gasteiger partial charge in [0, 0.05) is 26.1 Å². The Morgan fingerprint density at radius 2 is 1.77 bits per heavy atom. The molecule has 2 rings (SSSR count). The van der Waals surface area contributed by atoms with Crippen LogP contribution in [0.4, 0.5) is 0 Å². The molecule has 0 aliphatic heterocycles. The molecule has 0 aromatic heterocycles. The third-order valence-corrected chi connectivity index (χ3v) is 3.35. The molecule has 2 aliphatic rings. The van der Waals surface area contributed by atoms with Gasteiger partial charge in [0.2, 0.25) is 0 Å². The molecule has 1 saturated carbocycles. The highest BCUT2D eigenvalue weighted by molar-refractivity contribution is 5.07. The zero-order valence-corrected chi connectivity index (χ0v) is 8.38. The Hall–Kier alpha value is -0.480. The highest BCUT2D eigenvalue weighted by Gasteiger charge is 2.48. The second-order valence-corrected chi connectivity index (χ2v) is 4.08. The fourth-order valence-electron chi connectivity index (χ4n) is 2.54. The van der Waals surface area contributed by atoms with Crippen LogP contribution >= 0.6 is 0 Å². The molecule has 1 nitrogen and oxygen atoms in total. The summed E-state index contributed by atoms with van der Waals surface area (Å²) in [5.74, 6) is 9.21. The second-order valence-electron chi connectivity index (χ2n) is 4.08. The summed E-state index contributed by atoms with van der Waals surface area (Å²) in [5, 5.41) is 0. The van der Waals surface area contributed by atoms with Gasteiger partial charge in [-0.2, -0.15) is 0 Å². The molecule has 0 saturated heterocycles. The number of ether oxygens (including phenoxy) is 1. The Morgan fingerprint density at radius 1 is 1.15 bits per heavy atom. The Morgan fingerprint density at radius 3 is 2.31 bits per heavy atom. The van der Waals surface area contributed by atoms with Crippen LogP contribution in [0.2, 0.25) is 0 Å². The summed E-state index contributed by atoms with van der Waals surface area (Å²) in [5.41, 5.74) is 0. The minimum atomic E-state index is 0.863. The fourth-order valence-corrected chi connectivity index (χ4v) is 2.54. The quantitative estimate of drug-likeness (QED) is 0.603. The van der Waals surface area contributed by atoms with Crippen molar-refractivity contribution in [3.8, 4) is 11.8 Å². The van der Waals surface area contributed by atoms with Crippen LogP contribution in [0.25, 0.3) is 0 Å². The molecule has 1 heteroatoms. The molecule has 0 unspecified atom stereocenters. The topological polar surface area (TPSA) is 9.23 Å². The number of hydrogen-bond donors (Lipinski definition) is 0. The van der Waals surface area contributed by atoms with Crippen molar-refractivity contribution in [2.45, 2.75) is 32.6 Å². The molecule has 2 aliphatic carbocycles. The van der Waals surface area contributed by atoms with Gasteiger partial charge in [-0.1, -0.05) is 0 Å². The minimum Gasteiger partial charge on any atom is -0.381 e. The van der Waals surface area contributed by atoms with Crippen molar-refractivity contribution in [3.05, 3.63) is 0 Å². The third-order valence-electron chi connectivity index (χ3n) is 3.35. The maximum absolute atomic E-state index is 5.49. The van der Waals surface area contributed by atoms with Gasteiger partial charge in [-0.25, -0.2) is 0 Å². The Balaban J connectivity index is 1.79. The molecule has 1 fully saturated rings. The molecule has 0 radical (unpaired) electrons. The fraction of sp³-hybridized carbons (Fsp3) is 0.833. The van der Waals surface area contributed by atoms with Gasteiger partial charge in [-0.15, -0.1) is 11.8 Å². The van der Waals surface area contributed by atoms with Gasteiger partial charge in [0.1, 0.15) is 0 Å². The van der Waals surface area contributed by atoms with E-state index in [0.29, 0.717) is 0 Å². The molecule has 0 spiro atoms. The highest BCUT2D eigenvalue weighted by atomic mass is 16.5. The highest BCUT2D eigenvalue weighted by Crippen LogP contribution is 2.52. The van der Waals surface area contributed by atoms with E-state index < -0.39 is 0 Å². The molecular weight excluding hydrogens is 160 g/mol. The summed E-state index contributed by atoms with van der Waals surface area (Å²) in [6.07, 6.45) is 4.86. The van der Waals surface area contributed by atoms with Gasteiger partial charge in [0.25, 0.3) is 0 Å². The van der Waals surface area contributed by atoms with Crippen molar-refractivity contribution >= 4 is 0 Å². The molecule has 0 bridgehead atoms. The van der Waals surface area contributed by atoms with Crippen LogP contribution in [0.3, 0.4) is 0 Å². The van der Waals surface area contributed by atoms with Crippen LogP contribution < -0.4 is 0 Å². The van der Waals surface area contributed by atoms with E-state index in [2.05, 4.69) is 18.8 Å². The molecule has 72 valence electrons. The van der Waals surface area contributed by atoms with Gasteiger partial charge in [0.05, 0.1) is 0 Å². The normalized spacial score (nSPS) is 36.5. The lowest BCUT2D eigenvalue weighted by Gasteiger charge is -1.98. The number of rotatable bonds is 3. The van der Waals surface area contributed by atoms with Gasteiger partial charge in [0.15, 0.2) is 0 Å². The lowest BCUT2D eigenvalue weighted by Crippen LogP contribution is -1.98. The van der Waals surface area contributed by atoms with Crippen molar-refractivity contribution in [2.24, 2.45) is 17.8 Å². The molecule has 0 amide bonds. The molecule has 0 aromatic rings. The first-order valence-electron chi connectivity index (χ1n) is 5.47. The number of fused-ring (bicyclic) bond motifs is 1. The summed E-state index contributed by atoms with van der Waals surface area (Å²) >= 11 is 0. The van der Waals surface area contributed by atoms with E-state index in [0.717, 1.165) is 43.8 Å². The Labute approximate surface area is 80.9 Å². The van der Waals surface area contributed by atoms with E-state index in [4.69, 9.17) is 4.74 Å². The Kier molecular flexibility index (Phi) is 2.90. The smallest absolute Gasteiger partial charge is 0.0499 e. The molecule has 0 aromatic carbocycles. The zero-order valence-electron chi connectivity index (χ0n) is 8.38. The van der Waals surface area contributed by atoms with Crippen molar-refractivity contribution < 1.29 is 4.74 Å². The lowest BCUT2D eigenvalue weighted by atomic mass is 10.1. The van der Waals surface area contributed by atoms with E-state index in [1.807, 2.05) is 0 Å². The summed E-state index contributed by atoms with van der Waals surface area (Å²) < 4.78 is 5.49. The van der Waals surface area contributed by atoms with Crippen LogP contribution in [0.1, 0.15) is 32.6 Å². The summed E-state index contributed by atoms with van der Waals surface area (Å²) in [6, 6.07) is 0. The van der Waals surface area contributed by atoms with Gasteiger partial charge < -0.3 is 4.74 Å². The van der Waals surface area contributed by atoms with Crippen LogP contribution in [0.5, 0.6) is 0 Å². The predicted molar refractivity (Wildman–Crippen MR) is 53.2 cm³/mol. The first-order valence-corrected chi connectivity index (χ1v) is 5.47. The zero-order chi connectivity index (χ0) is 9.10. The van der Waals surface area contributed by atoms with E-state index in [1.54, 1.807) is 0 Å². The summed E-state index contributed by atoms with van der Waals surface area (Å²) in [6.45, 7) is 3.94. The van der Waals surface area contributed by atoms with Gasteiger partial charge >= 0.3 is 0 Å². The van der Waals surface area contributed by atoms with Crippen LogP contribution in [0.15, 0.2) is 0 Å². The van der Waals surface area contributed by atoms with Crippen molar-refractivity contribution in [1.29, 1.82) is 0 Å². The molecule has 3 atom stereocenters. The predicted octanol–water partition coefficient (Wildman–Crippen LogP) is 2.46. The molecular formula is C12H18O. The molecule has 13 heavy (non-hydrogen) atoms. The summed E-state index contributed by atoms with van der Waals surface area (Å²) in [7, 11) is 0. The van der Waals surface area contributed by atoms with Crippen molar-refractivity contribution in [3.63, 3.8) is 0 Å². The first-order chi connectivity index (χ1) is 6.43. The maximum atomic E-state index is 5.49. The average Bonchev–Trinajstić information content (AvgIpc) is 2.72. The average molecular weight is 178 g/mol. The van der Waals surface area contributed by atoms with Crippen molar-refractivity contribution in [1.82, 2.24) is 0 Å². The van der Waals surface area contributed by atoms with E-state index >= 15 is 0 Å². The number of hydrogen-bond acceptors (Lipinski definition) is 1. The van der Waals surface area contributed by atoms with E-state index in [-0.39, 0.29) is 0 Å². The standard InChI is InChI=1S/C12H18O/c1-2-13-9-12-10-7-5-3-4-6-8-11(10)12/h10-12H,2,5-9H2,1H3/t10-,11+,12-. The van der Waals surface area contributed by atoms with E-state index in [9.17, 15) is 0 Å². The molecule has 0 heterocycles. The van der Waals surface area contributed by atoms with Gasteiger partial charge in [-0.3, -0.25) is 0 Å². The minimum absolute atomic E-state index is 0.863. The monoisotopic (exact) mass is 178 g/mol. The lowest BCUT2D eigenvalue weighted by molar-refractivity contribution is 0.130. The van der Waals surface area contributed by atoms with Crippen LogP contribution in [-0.2, 0) is 4.74 Å². The van der Waals surface area contributed by atoms with Crippen molar-refractivity contribution in [2.75, 3.05) is 13.2 Å². The Bertz CT molecular complexity index is 205. The summed E-state index contributed by atoms with van der Waals surface area (Å²) in [4.78, 5) is 0. The molecule has 0 N–H and O–H groups in total. The largest absolute Gasteiger partial charge is 0.381 e. The van der Waals surface area contributed by atoms with Crippen LogP contribution in [-0.4, -0.2) is 13.2 Å². The maximum Gasteiger partial charge on any atom is 0.0499 e. The SMILES string of the molecule is CCOC[C@@H]1[C@@H]2CCC#CCC[C@@H]21. The second kappa shape index (κ2) is 4.15. The van der Waals surface area contributed by atoms with Gasteiger partial charge in [-0.05, 0) is 37.5 Å². The van der Waals surface area contributed by atoms with Crippen LogP contribution in [0, 0.1) is 29.6 Å². The third kappa shape index (κ3) is 2.06. The van der Waals surface area contributed by atoms with E-state index in [1.165, 1.54) is 12.8 Å². The first kappa shape index (κ1) is 9.09.